The van der Waals surface area contributed by atoms with Crippen LogP contribution in [0.25, 0.3) is 0 Å². The van der Waals surface area contributed by atoms with Crippen LogP contribution in [-0.2, 0) is 22.4 Å². The van der Waals surface area contributed by atoms with E-state index in [0.29, 0.717) is 11.4 Å². The van der Waals surface area contributed by atoms with Crippen LogP contribution in [0.3, 0.4) is 0 Å². The molecule has 19 heavy (non-hydrogen) atoms. The summed E-state index contributed by atoms with van der Waals surface area (Å²) in [6.07, 6.45) is 6.03. The summed E-state index contributed by atoms with van der Waals surface area (Å²) in [7, 11) is 0. The van der Waals surface area contributed by atoms with E-state index in [4.69, 9.17) is 4.74 Å². The molecule has 0 aliphatic heterocycles. The minimum atomic E-state index is -0.409. The predicted molar refractivity (Wildman–Crippen MR) is 74.5 cm³/mol. The zero-order valence-electron chi connectivity index (χ0n) is 10.7. The molecule has 0 bridgehead atoms. The summed E-state index contributed by atoms with van der Waals surface area (Å²) in [6, 6.07) is 1.91. The van der Waals surface area contributed by atoms with E-state index >= 15 is 0 Å². The van der Waals surface area contributed by atoms with E-state index < -0.39 is 5.97 Å². The van der Waals surface area contributed by atoms with Crippen molar-refractivity contribution in [1.29, 1.82) is 0 Å². The molecule has 0 saturated carbocycles. The van der Waals surface area contributed by atoms with Crippen molar-refractivity contribution >= 4 is 23.2 Å². The monoisotopic (exact) mass is 279 g/mol. The number of carbonyl (C=O) groups excluding carboxylic acids is 2. The number of thiophene rings is 1. The highest BCUT2D eigenvalue weighted by atomic mass is 32.1. The summed E-state index contributed by atoms with van der Waals surface area (Å²) in [5.74, 6) is -0.720. The van der Waals surface area contributed by atoms with Gasteiger partial charge in [0, 0.05) is 11.4 Å². The van der Waals surface area contributed by atoms with E-state index in [1.54, 1.807) is 6.08 Å². The highest BCUT2D eigenvalue weighted by Crippen LogP contribution is 2.29. The molecule has 0 fully saturated rings. The first kappa shape index (κ1) is 13.8. The molecule has 0 spiro atoms. The number of hydrogen-bond donors (Lipinski definition) is 1. The number of amides is 1. The van der Waals surface area contributed by atoms with Gasteiger partial charge < -0.3 is 10.1 Å². The van der Waals surface area contributed by atoms with E-state index in [-0.39, 0.29) is 12.5 Å². The number of ether oxygens (including phenoxy) is 1. The second-order valence-corrected chi connectivity index (χ2v) is 5.57. The Kier molecular flexibility index (Phi) is 4.74. The molecule has 1 aromatic rings. The lowest BCUT2D eigenvalue weighted by molar-refractivity contribution is -0.124. The Morgan fingerprint density at radius 2 is 2.21 bits per heavy atom. The average Bonchev–Trinajstić information content (AvgIpc) is 2.86. The van der Waals surface area contributed by atoms with Gasteiger partial charge in [0.1, 0.15) is 4.88 Å². The molecule has 0 aromatic carbocycles. The second-order valence-electron chi connectivity index (χ2n) is 4.44. The molecule has 1 amide bonds. The van der Waals surface area contributed by atoms with Gasteiger partial charge in [-0.1, -0.05) is 6.08 Å². The Morgan fingerprint density at radius 1 is 1.42 bits per heavy atom. The number of esters is 1. The SMILES string of the molecule is C=CCNC(=O)COC(=O)c1cc2c(s1)CCCC2. The smallest absolute Gasteiger partial charge is 0.348 e. The third kappa shape index (κ3) is 3.67. The lowest BCUT2D eigenvalue weighted by atomic mass is 9.99. The zero-order valence-corrected chi connectivity index (χ0v) is 11.6. The number of fused-ring (bicyclic) bond motifs is 1. The number of rotatable bonds is 5. The fraction of sp³-hybridized carbons (Fsp3) is 0.429. The molecule has 1 aromatic heterocycles. The Balaban J connectivity index is 1.87. The van der Waals surface area contributed by atoms with Crippen LogP contribution < -0.4 is 5.32 Å². The van der Waals surface area contributed by atoms with Gasteiger partial charge in [0.2, 0.25) is 0 Å². The Morgan fingerprint density at radius 3 is 2.95 bits per heavy atom. The molecular weight excluding hydrogens is 262 g/mol. The van der Waals surface area contributed by atoms with Gasteiger partial charge in [-0.05, 0) is 37.3 Å². The summed E-state index contributed by atoms with van der Waals surface area (Å²) < 4.78 is 4.99. The maximum absolute atomic E-state index is 11.8. The van der Waals surface area contributed by atoms with Crippen molar-refractivity contribution in [1.82, 2.24) is 5.32 Å². The second kappa shape index (κ2) is 6.52. The van der Waals surface area contributed by atoms with Crippen LogP contribution in [0.2, 0.25) is 0 Å². The van der Waals surface area contributed by atoms with Gasteiger partial charge in [-0.2, -0.15) is 0 Å². The number of nitrogens with one attached hydrogen (secondary N) is 1. The van der Waals surface area contributed by atoms with E-state index in [0.717, 1.165) is 12.8 Å². The standard InChI is InChI=1S/C14H17NO3S/c1-2-7-15-13(16)9-18-14(17)12-8-10-5-3-4-6-11(10)19-12/h2,8H,1,3-7,9H2,(H,15,16). The highest BCUT2D eigenvalue weighted by molar-refractivity contribution is 7.14. The van der Waals surface area contributed by atoms with Crippen molar-refractivity contribution < 1.29 is 14.3 Å². The van der Waals surface area contributed by atoms with Crippen LogP contribution in [0.1, 0.15) is 33.0 Å². The number of carbonyl (C=O) groups is 2. The largest absolute Gasteiger partial charge is 0.451 e. The van der Waals surface area contributed by atoms with Crippen molar-refractivity contribution in [3.8, 4) is 0 Å². The van der Waals surface area contributed by atoms with Gasteiger partial charge in [-0.15, -0.1) is 17.9 Å². The first-order valence-corrected chi connectivity index (χ1v) is 7.18. The molecule has 5 heteroatoms. The summed E-state index contributed by atoms with van der Waals surface area (Å²) in [4.78, 5) is 25.0. The van der Waals surface area contributed by atoms with Crippen molar-refractivity contribution in [3.05, 3.63) is 34.0 Å². The highest BCUT2D eigenvalue weighted by Gasteiger charge is 2.18. The molecule has 2 rings (SSSR count). The minimum Gasteiger partial charge on any atom is -0.451 e. The van der Waals surface area contributed by atoms with Crippen molar-refractivity contribution in [3.63, 3.8) is 0 Å². The van der Waals surface area contributed by atoms with Gasteiger partial charge in [-0.3, -0.25) is 4.79 Å². The van der Waals surface area contributed by atoms with Gasteiger partial charge in [0.15, 0.2) is 6.61 Å². The summed E-state index contributed by atoms with van der Waals surface area (Å²) in [6.45, 7) is 3.63. The molecule has 1 N–H and O–H groups in total. The third-order valence-electron chi connectivity index (χ3n) is 2.98. The molecular formula is C14H17NO3S. The summed E-state index contributed by atoms with van der Waals surface area (Å²) in [5.41, 5.74) is 1.26. The van der Waals surface area contributed by atoms with Crippen molar-refractivity contribution in [2.75, 3.05) is 13.2 Å². The lowest BCUT2D eigenvalue weighted by Crippen LogP contribution is -2.28. The lowest BCUT2D eigenvalue weighted by Gasteiger charge is -2.08. The molecule has 0 saturated heterocycles. The average molecular weight is 279 g/mol. The van der Waals surface area contributed by atoms with Gasteiger partial charge in [-0.25, -0.2) is 4.79 Å². The molecule has 1 aliphatic rings. The Hall–Kier alpha value is -1.62. The molecule has 1 aliphatic carbocycles. The zero-order chi connectivity index (χ0) is 13.7. The maximum atomic E-state index is 11.8. The van der Waals surface area contributed by atoms with Gasteiger partial charge in [0.25, 0.3) is 5.91 Å². The van der Waals surface area contributed by atoms with Gasteiger partial charge >= 0.3 is 5.97 Å². The summed E-state index contributed by atoms with van der Waals surface area (Å²) >= 11 is 1.49. The minimum absolute atomic E-state index is 0.241. The van der Waals surface area contributed by atoms with Crippen LogP contribution in [-0.4, -0.2) is 25.0 Å². The molecule has 102 valence electrons. The molecule has 0 atom stereocenters. The van der Waals surface area contributed by atoms with E-state index in [2.05, 4.69) is 11.9 Å². The predicted octanol–water partition coefficient (Wildman–Crippen LogP) is 2.09. The Bertz CT molecular complexity index is 469. The number of aryl methyl sites for hydroxylation is 2. The van der Waals surface area contributed by atoms with Crippen LogP contribution in [0, 0.1) is 0 Å². The van der Waals surface area contributed by atoms with Crippen LogP contribution in [0.5, 0.6) is 0 Å². The topological polar surface area (TPSA) is 55.4 Å². The number of hydrogen-bond acceptors (Lipinski definition) is 4. The molecule has 4 nitrogen and oxygen atoms in total. The van der Waals surface area contributed by atoms with Gasteiger partial charge in [0.05, 0.1) is 0 Å². The van der Waals surface area contributed by atoms with Crippen LogP contribution >= 0.6 is 11.3 Å². The normalized spacial score (nSPS) is 13.5. The van der Waals surface area contributed by atoms with Crippen LogP contribution in [0.4, 0.5) is 0 Å². The first-order chi connectivity index (χ1) is 9.20. The summed E-state index contributed by atoms with van der Waals surface area (Å²) in [5, 5.41) is 2.56. The third-order valence-corrected chi connectivity index (χ3v) is 4.19. The van der Waals surface area contributed by atoms with Crippen LogP contribution in [0.15, 0.2) is 18.7 Å². The Labute approximate surface area is 116 Å². The fourth-order valence-corrected chi connectivity index (χ4v) is 3.18. The molecule has 1 heterocycles. The van der Waals surface area contributed by atoms with E-state index in [1.165, 1.54) is 34.6 Å². The first-order valence-electron chi connectivity index (χ1n) is 6.37. The van der Waals surface area contributed by atoms with E-state index in [1.807, 2.05) is 6.07 Å². The fourth-order valence-electron chi connectivity index (χ4n) is 2.03. The van der Waals surface area contributed by atoms with E-state index in [9.17, 15) is 9.59 Å². The van der Waals surface area contributed by atoms with Crippen molar-refractivity contribution in [2.24, 2.45) is 0 Å². The van der Waals surface area contributed by atoms with Crippen molar-refractivity contribution in [2.45, 2.75) is 25.7 Å². The molecule has 0 radical (unpaired) electrons. The molecule has 0 unspecified atom stereocenters. The quantitative estimate of drug-likeness (QED) is 0.663. The maximum Gasteiger partial charge on any atom is 0.348 e.